The van der Waals surface area contributed by atoms with E-state index in [0.717, 1.165) is 0 Å². The van der Waals surface area contributed by atoms with Crippen molar-refractivity contribution in [3.05, 3.63) is 0 Å². The Bertz CT molecular complexity index is 536. The van der Waals surface area contributed by atoms with Crippen molar-refractivity contribution in [2.75, 3.05) is 0 Å². The van der Waals surface area contributed by atoms with E-state index in [0.29, 0.717) is 0 Å². The van der Waals surface area contributed by atoms with Crippen molar-refractivity contribution in [1.29, 1.82) is 0 Å². The van der Waals surface area contributed by atoms with Crippen LogP contribution in [0.2, 0.25) is 0 Å². The maximum atomic E-state index is 13.5. The normalized spacial score (nSPS) is 20.2. The quantitative estimate of drug-likeness (QED) is 0.471. The van der Waals surface area contributed by atoms with Crippen LogP contribution in [-0.2, 0) is 4.74 Å². The highest BCUT2D eigenvalue weighted by molar-refractivity contribution is 5.08. The Kier molecular flexibility index (Phi) is 5.85. The van der Waals surface area contributed by atoms with Crippen LogP contribution in [0.25, 0.3) is 0 Å². The van der Waals surface area contributed by atoms with Crippen molar-refractivity contribution in [1.82, 2.24) is 0 Å². The fourth-order valence-corrected chi connectivity index (χ4v) is 1.19. The standard InChI is InChI=1S/C9H3F17O/c1-2(10,6(16,17)18)3(11,12)5(15,8(22,23)24)27-9(25,26)4(13,14)7(19,20)21/h1H3. The van der Waals surface area contributed by atoms with E-state index in [9.17, 15) is 74.6 Å². The Labute approximate surface area is 136 Å². The minimum atomic E-state index is -7.98. The van der Waals surface area contributed by atoms with Gasteiger partial charge in [-0.3, -0.25) is 4.74 Å². The van der Waals surface area contributed by atoms with E-state index in [-0.39, 0.29) is 0 Å². The summed E-state index contributed by atoms with van der Waals surface area (Å²) in [6.07, 6.45) is -30.4. The lowest BCUT2D eigenvalue weighted by atomic mass is 9.92. The van der Waals surface area contributed by atoms with Gasteiger partial charge in [0.25, 0.3) is 5.67 Å². The molecule has 0 bridgehead atoms. The van der Waals surface area contributed by atoms with Gasteiger partial charge in [0, 0.05) is 0 Å². The molecule has 2 unspecified atom stereocenters. The van der Waals surface area contributed by atoms with Crippen LogP contribution in [-0.4, -0.2) is 48.0 Å². The van der Waals surface area contributed by atoms with Gasteiger partial charge in [-0.1, -0.05) is 0 Å². The number of ether oxygens (including phenoxy) is 1. The summed E-state index contributed by atoms with van der Waals surface area (Å²) in [5.41, 5.74) is -6.71. The molecule has 164 valence electrons. The molecule has 0 heterocycles. The van der Waals surface area contributed by atoms with Crippen molar-refractivity contribution in [2.24, 2.45) is 0 Å². The van der Waals surface area contributed by atoms with Crippen molar-refractivity contribution in [3.8, 4) is 0 Å². The summed E-state index contributed by atoms with van der Waals surface area (Å²) >= 11 is 0. The molecule has 0 saturated heterocycles. The van der Waals surface area contributed by atoms with Gasteiger partial charge in [-0.05, 0) is 6.92 Å². The van der Waals surface area contributed by atoms with Gasteiger partial charge >= 0.3 is 42.3 Å². The molecule has 0 aliphatic carbocycles. The monoisotopic (exact) mass is 450 g/mol. The first kappa shape index (κ1) is 25.8. The lowest BCUT2D eigenvalue weighted by Gasteiger charge is -2.42. The first-order valence-corrected chi connectivity index (χ1v) is 5.62. The highest BCUT2D eigenvalue weighted by atomic mass is 19.4. The molecule has 0 rings (SSSR count). The Morgan fingerprint density at radius 3 is 1.00 bits per heavy atom. The van der Waals surface area contributed by atoms with Crippen molar-refractivity contribution in [2.45, 2.75) is 54.9 Å². The van der Waals surface area contributed by atoms with Crippen molar-refractivity contribution < 1.29 is 79.4 Å². The third-order valence-electron chi connectivity index (χ3n) is 2.88. The van der Waals surface area contributed by atoms with Gasteiger partial charge in [0.1, 0.15) is 0 Å². The molecule has 0 aromatic rings. The minimum absolute atomic E-state index is 1.24. The van der Waals surface area contributed by atoms with Gasteiger partial charge in [0.2, 0.25) is 0 Å². The highest BCUT2D eigenvalue weighted by Gasteiger charge is 2.88. The summed E-state index contributed by atoms with van der Waals surface area (Å²) in [5, 5.41) is 0. The Morgan fingerprint density at radius 2 is 0.778 bits per heavy atom. The summed E-state index contributed by atoms with van der Waals surface area (Å²) in [4.78, 5) is 0. The Balaban J connectivity index is 6.64. The van der Waals surface area contributed by atoms with Crippen LogP contribution in [0.1, 0.15) is 6.92 Å². The molecule has 0 aromatic carbocycles. The predicted octanol–water partition coefficient (Wildman–Crippen LogP) is 5.95. The molecule has 0 fully saturated rings. The maximum Gasteiger partial charge on any atom is 0.462 e. The average Bonchev–Trinajstić information content (AvgIpc) is 2.33. The molecule has 0 aromatic heterocycles. The maximum absolute atomic E-state index is 13.5. The smallest absolute Gasteiger partial charge is 0.264 e. The van der Waals surface area contributed by atoms with E-state index in [4.69, 9.17) is 0 Å². The summed E-state index contributed by atoms with van der Waals surface area (Å²) < 4.78 is 214. The van der Waals surface area contributed by atoms with Gasteiger partial charge in [0.15, 0.2) is 0 Å². The lowest BCUT2D eigenvalue weighted by Crippen LogP contribution is -2.71. The van der Waals surface area contributed by atoms with Crippen LogP contribution in [0.4, 0.5) is 74.6 Å². The second kappa shape index (κ2) is 6.13. The molecule has 18 heteroatoms. The van der Waals surface area contributed by atoms with Crippen LogP contribution >= 0.6 is 0 Å². The van der Waals surface area contributed by atoms with Gasteiger partial charge < -0.3 is 0 Å². The molecule has 2 atom stereocenters. The molecular weight excluding hydrogens is 447 g/mol. The van der Waals surface area contributed by atoms with Crippen LogP contribution in [0, 0.1) is 0 Å². The largest absolute Gasteiger partial charge is 0.462 e. The lowest BCUT2D eigenvalue weighted by molar-refractivity contribution is -0.521. The molecule has 0 aliphatic rings. The fraction of sp³-hybridized carbons (Fsp3) is 1.00. The summed E-state index contributed by atoms with van der Waals surface area (Å²) in [7, 11) is 0. The third kappa shape index (κ3) is 3.72. The summed E-state index contributed by atoms with van der Waals surface area (Å²) in [5.74, 6) is -23.6. The Morgan fingerprint density at radius 1 is 0.444 bits per heavy atom. The van der Waals surface area contributed by atoms with Crippen LogP contribution in [0.5, 0.6) is 0 Å². The second-order valence-corrected chi connectivity index (χ2v) is 4.86. The van der Waals surface area contributed by atoms with Crippen LogP contribution < -0.4 is 0 Å². The number of halogens is 17. The highest BCUT2D eigenvalue weighted by Crippen LogP contribution is 2.60. The molecule has 0 aliphatic heterocycles. The summed E-state index contributed by atoms with van der Waals surface area (Å²) in [6, 6.07) is 0. The van der Waals surface area contributed by atoms with E-state index < -0.39 is 54.9 Å². The molecule has 0 N–H and O–H groups in total. The average molecular weight is 450 g/mol. The number of rotatable bonds is 5. The molecule has 0 radical (unpaired) electrons. The van der Waals surface area contributed by atoms with Crippen molar-refractivity contribution >= 4 is 0 Å². The zero-order valence-electron chi connectivity index (χ0n) is 11.8. The van der Waals surface area contributed by atoms with Gasteiger partial charge in [-0.25, -0.2) is 4.39 Å². The molecule has 0 amide bonds. The van der Waals surface area contributed by atoms with E-state index >= 15 is 0 Å². The predicted molar refractivity (Wildman–Crippen MR) is 47.4 cm³/mol. The first-order valence-electron chi connectivity index (χ1n) is 5.62. The number of hydrogen-bond donors (Lipinski definition) is 0. The third-order valence-corrected chi connectivity index (χ3v) is 2.88. The van der Waals surface area contributed by atoms with Gasteiger partial charge in [0.05, 0.1) is 0 Å². The van der Waals surface area contributed by atoms with Crippen LogP contribution in [0.3, 0.4) is 0 Å². The molecule has 27 heavy (non-hydrogen) atoms. The Hall–Kier alpha value is -1.23. The summed E-state index contributed by atoms with van der Waals surface area (Å²) in [6.45, 7) is -1.52. The molecule has 1 nitrogen and oxygen atoms in total. The zero-order chi connectivity index (χ0) is 22.7. The van der Waals surface area contributed by atoms with E-state index in [1.54, 1.807) is 0 Å². The SMILES string of the molecule is CC(F)(C(F)(F)F)C(F)(F)C(F)(OC(F)(F)C(F)(F)C(F)(F)F)C(F)(F)F. The van der Waals surface area contributed by atoms with E-state index in [1.807, 2.05) is 0 Å². The topological polar surface area (TPSA) is 9.23 Å². The molecule has 0 spiro atoms. The molecular formula is C9H3F17O. The van der Waals surface area contributed by atoms with Crippen LogP contribution in [0.15, 0.2) is 0 Å². The van der Waals surface area contributed by atoms with Crippen molar-refractivity contribution in [3.63, 3.8) is 0 Å². The van der Waals surface area contributed by atoms with E-state index in [2.05, 4.69) is 0 Å². The number of alkyl halides is 17. The molecule has 0 saturated carbocycles. The number of hydrogen-bond acceptors (Lipinski definition) is 1. The zero-order valence-corrected chi connectivity index (χ0v) is 11.8. The second-order valence-electron chi connectivity index (χ2n) is 4.86. The first-order chi connectivity index (χ1) is 11.2. The van der Waals surface area contributed by atoms with E-state index in [1.165, 1.54) is 4.74 Å². The van der Waals surface area contributed by atoms with Gasteiger partial charge in [-0.15, -0.1) is 0 Å². The fourth-order valence-electron chi connectivity index (χ4n) is 1.19. The van der Waals surface area contributed by atoms with Gasteiger partial charge in [-0.2, -0.15) is 70.2 Å². The minimum Gasteiger partial charge on any atom is -0.264 e.